The maximum absolute atomic E-state index is 13.1. The predicted octanol–water partition coefficient (Wildman–Crippen LogP) is 4.29. The van der Waals surface area contributed by atoms with E-state index in [1.54, 1.807) is 23.5 Å². The van der Waals surface area contributed by atoms with Gasteiger partial charge in [0.25, 0.3) is 0 Å². The molecule has 2 aliphatic rings. The van der Waals surface area contributed by atoms with E-state index in [9.17, 15) is 4.39 Å². The summed E-state index contributed by atoms with van der Waals surface area (Å²) in [5.74, 6) is -0.228. The lowest BCUT2D eigenvalue weighted by molar-refractivity contribution is 0.210. The summed E-state index contributed by atoms with van der Waals surface area (Å²) >= 11 is 1.62. The highest BCUT2D eigenvalue weighted by molar-refractivity contribution is 7.21. The highest BCUT2D eigenvalue weighted by Crippen LogP contribution is 2.34. The normalized spacial score (nSPS) is 23.2. The fourth-order valence-corrected chi connectivity index (χ4v) is 4.33. The number of nitrogens with one attached hydrogen (secondary N) is 1. The lowest BCUT2D eigenvalue weighted by Gasteiger charge is -2.10. The number of likely N-dealkylation sites (tertiary alicyclic amines) is 1. The molecule has 0 radical (unpaired) electrons. The molecule has 2 unspecified atom stereocenters. The van der Waals surface area contributed by atoms with Crippen molar-refractivity contribution in [3.8, 4) is 10.6 Å². The quantitative estimate of drug-likeness (QED) is 0.709. The van der Waals surface area contributed by atoms with Gasteiger partial charge in [-0.25, -0.2) is 9.37 Å². The zero-order chi connectivity index (χ0) is 16.8. The van der Waals surface area contributed by atoms with Crippen LogP contribution < -0.4 is 5.32 Å². The topological polar surface area (TPSA) is 40.7 Å². The first-order chi connectivity index (χ1) is 12.3. The van der Waals surface area contributed by atoms with E-state index in [4.69, 9.17) is 9.72 Å². The Bertz CT molecular complexity index is 905. The molecule has 1 aromatic heterocycles. The zero-order valence-corrected chi connectivity index (χ0v) is 14.4. The fourth-order valence-electron chi connectivity index (χ4n) is 3.38. The third-order valence-electron chi connectivity index (χ3n) is 4.76. The maximum Gasteiger partial charge on any atom is 0.170 e. The Hall–Kier alpha value is -2.02. The largest absolute Gasteiger partial charge is 0.357 e. The molecule has 1 N–H and O–H groups in total. The molecular formula is C19H18FN3OS. The molecule has 0 bridgehead atoms. The van der Waals surface area contributed by atoms with Gasteiger partial charge in [-0.1, -0.05) is 0 Å². The molecule has 2 fully saturated rings. The van der Waals surface area contributed by atoms with Gasteiger partial charge in [0.2, 0.25) is 0 Å². The molecule has 3 aromatic rings. The number of thiazole rings is 1. The lowest BCUT2D eigenvalue weighted by atomic mass is 10.2. The van der Waals surface area contributed by atoms with E-state index < -0.39 is 0 Å². The predicted molar refractivity (Wildman–Crippen MR) is 98.1 cm³/mol. The minimum atomic E-state index is -0.228. The van der Waals surface area contributed by atoms with Crippen LogP contribution in [0.25, 0.3) is 20.8 Å². The van der Waals surface area contributed by atoms with Crippen LogP contribution in [0.3, 0.4) is 0 Å². The second kappa shape index (κ2) is 6.05. The summed E-state index contributed by atoms with van der Waals surface area (Å²) in [6, 6.07) is 12.7. The molecular weight excluding hydrogens is 337 g/mol. The molecule has 2 aliphatic heterocycles. The number of hydrogen-bond acceptors (Lipinski definition) is 5. The van der Waals surface area contributed by atoms with E-state index in [0.717, 1.165) is 39.6 Å². The number of ether oxygens (including phenoxy) is 1. The van der Waals surface area contributed by atoms with E-state index in [-0.39, 0.29) is 18.3 Å². The average molecular weight is 355 g/mol. The van der Waals surface area contributed by atoms with E-state index in [1.165, 1.54) is 25.0 Å². The number of epoxide rings is 1. The van der Waals surface area contributed by atoms with Gasteiger partial charge >= 0.3 is 0 Å². The number of rotatable bonds is 4. The number of aromatic nitrogens is 1. The molecule has 0 saturated carbocycles. The van der Waals surface area contributed by atoms with Crippen LogP contribution in [0.2, 0.25) is 0 Å². The number of halogens is 1. The van der Waals surface area contributed by atoms with Crippen LogP contribution in [-0.4, -0.2) is 35.4 Å². The zero-order valence-electron chi connectivity index (χ0n) is 13.6. The molecule has 25 heavy (non-hydrogen) atoms. The van der Waals surface area contributed by atoms with Crippen molar-refractivity contribution in [2.75, 3.05) is 18.4 Å². The van der Waals surface area contributed by atoms with Gasteiger partial charge in [0.1, 0.15) is 10.8 Å². The highest BCUT2D eigenvalue weighted by atomic mass is 32.1. The molecule has 5 rings (SSSR count). The van der Waals surface area contributed by atoms with Crippen LogP contribution in [0.15, 0.2) is 42.5 Å². The summed E-state index contributed by atoms with van der Waals surface area (Å²) in [6.07, 6.45) is 2.82. The molecule has 0 amide bonds. The molecule has 128 valence electrons. The standard InChI is InChI=1S/C19H18FN3OS/c20-13-5-3-12(4-6-13)18-22-15-11-14(7-8-16(15)25-18)21-17-19(24-17)23-9-1-2-10-23/h3-8,11,17,19,21H,1-2,9-10H2. The smallest absolute Gasteiger partial charge is 0.170 e. The Balaban J connectivity index is 1.34. The Labute approximate surface area is 149 Å². The van der Waals surface area contributed by atoms with Crippen LogP contribution in [0.4, 0.5) is 10.1 Å². The summed E-state index contributed by atoms with van der Waals surface area (Å²) in [5.41, 5.74) is 2.92. The van der Waals surface area contributed by atoms with Crippen molar-refractivity contribution in [1.29, 1.82) is 0 Å². The molecule has 0 spiro atoms. The van der Waals surface area contributed by atoms with E-state index in [2.05, 4.69) is 28.4 Å². The SMILES string of the molecule is Fc1ccc(-c2nc3cc(NC4OC4N4CCCC4)ccc3s2)cc1. The number of fused-ring (bicyclic) bond motifs is 1. The van der Waals surface area contributed by atoms with Gasteiger partial charge in [-0.05, 0) is 55.3 Å². The van der Waals surface area contributed by atoms with Crippen LogP contribution in [0.5, 0.6) is 0 Å². The van der Waals surface area contributed by atoms with Crippen molar-refractivity contribution in [3.05, 3.63) is 48.3 Å². The van der Waals surface area contributed by atoms with Gasteiger partial charge in [0.15, 0.2) is 12.5 Å². The van der Waals surface area contributed by atoms with Crippen molar-refractivity contribution in [1.82, 2.24) is 9.88 Å². The first kappa shape index (κ1) is 15.3. The molecule has 4 nitrogen and oxygen atoms in total. The van der Waals surface area contributed by atoms with Crippen LogP contribution in [-0.2, 0) is 4.74 Å². The van der Waals surface area contributed by atoms with Crippen molar-refractivity contribution < 1.29 is 9.13 Å². The van der Waals surface area contributed by atoms with Crippen LogP contribution in [0.1, 0.15) is 12.8 Å². The van der Waals surface area contributed by atoms with Crippen molar-refractivity contribution in [2.24, 2.45) is 0 Å². The van der Waals surface area contributed by atoms with Crippen LogP contribution >= 0.6 is 11.3 Å². The van der Waals surface area contributed by atoms with E-state index in [0.29, 0.717) is 0 Å². The van der Waals surface area contributed by atoms with Gasteiger partial charge in [-0.2, -0.15) is 0 Å². The lowest BCUT2D eigenvalue weighted by Crippen LogP contribution is -2.26. The summed E-state index contributed by atoms with van der Waals surface area (Å²) in [4.78, 5) is 7.10. The third-order valence-corrected chi connectivity index (χ3v) is 5.84. The summed E-state index contributed by atoms with van der Waals surface area (Å²) in [6.45, 7) is 2.27. The number of nitrogens with zero attached hydrogens (tertiary/aromatic N) is 2. The highest BCUT2D eigenvalue weighted by Gasteiger charge is 2.44. The number of benzene rings is 2. The molecule has 0 aliphatic carbocycles. The molecule has 2 aromatic carbocycles. The summed E-state index contributed by atoms with van der Waals surface area (Å²) in [5, 5.41) is 4.35. The van der Waals surface area contributed by atoms with Crippen LogP contribution in [0, 0.1) is 5.82 Å². The first-order valence-corrected chi connectivity index (χ1v) is 9.40. The minimum Gasteiger partial charge on any atom is -0.357 e. The first-order valence-electron chi connectivity index (χ1n) is 8.59. The molecule has 2 saturated heterocycles. The average Bonchev–Trinajstić information content (AvgIpc) is 3.02. The maximum atomic E-state index is 13.1. The second-order valence-electron chi connectivity index (χ2n) is 6.54. The van der Waals surface area contributed by atoms with E-state index >= 15 is 0 Å². The van der Waals surface area contributed by atoms with E-state index in [1.807, 2.05) is 0 Å². The molecule has 6 heteroatoms. The van der Waals surface area contributed by atoms with Crippen molar-refractivity contribution in [3.63, 3.8) is 0 Å². The van der Waals surface area contributed by atoms with Gasteiger partial charge in [-0.15, -0.1) is 11.3 Å². The molecule has 3 heterocycles. The fraction of sp³-hybridized carbons (Fsp3) is 0.316. The third kappa shape index (κ3) is 3.01. The van der Waals surface area contributed by atoms with Gasteiger partial charge in [0, 0.05) is 24.3 Å². The van der Waals surface area contributed by atoms with Crippen molar-refractivity contribution in [2.45, 2.75) is 25.3 Å². The Kier molecular flexibility index (Phi) is 3.69. The van der Waals surface area contributed by atoms with Crippen molar-refractivity contribution >= 4 is 27.2 Å². The minimum absolute atomic E-state index is 0.0748. The van der Waals surface area contributed by atoms with Gasteiger partial charge < -0.3 is 10.1 Å². The number of anilines is 1. The van der Waals surface area contributed by atoms with Gasteiger partial charge in [-0.3, -0.25) is 4.90 Å². The monoisotopic (exact) mass is 355 g/mol. The number of hydrogen-bond donors (Lipinski definition) is 1. The summed E-state index contributed by atoms with van der Waals surface area (Å²) in [7, 11) is 0. The summed E-state index contributed by atoms with van der Waals surface area (Å²) < 4.78 is 20.0. The Morgan fingerprint density at radius 3 is 2.72 bits per heavy atom. The second-order valence-corrected chi connectivity index (χ2v) is 7.57. The van der Waals surface area contributed by atoms with Gasteiger partial charge in [0.05, 0.1) is 10.2 Å². The molecule has 2 atom stereocenters. The Morgan fingerprint density at radius 2 is 1.92 bits per heavy atom. The Morgan fingerprint density at radius 1 is 1.12 bits per heavy atom.